The van der Waals surface area contributed by atoms with Crippen molar-refractivity contribution in [2.45, 2.75) is 107 Å². The van der Waals surface area contributed by atoms with Crippen LogP contribution in [0, 0.1) is 0 Å². The van der Waals surface area contributed by atoms with Crippen LogP contribution in [0.25, 0.3) is 44.4 Å². The van der Waals surface area contributed by atoms with E-state index in [-0.39, 0.29) is 0 Å². The molecule has 244 valence electrons. The summed E-state index contributed by atoms with van der Waals surface area (Å²) in [6.07, 6.45) is 7.33. The van der Waals surface area contributed by atoms with Crippen LogP contribution in [0.15, 0.2) is 48.5 Å². The molecule has 0 amide bonds. The maximum Gasteiger partial charge on any atom is 0.179 e. The average Bonchev–Trinajstić information content (AvgIpc) is 3.82. The molecule has 0 unspecified atom stereocenters. The van der Waals surface area contributed by atoms with Gasteiger partial charge in [0.15, 0.2) is 5.75 Å². The lowest BCUT2D eigenvalue weighted by atomic mass is 9.96. The highest BCUT2D eigenvalue weighted by Crippen LogP contribution is 2.46. The molecule has 4 aromatic rings. The summed E-state index contributed by atoms with van der Waals surface area (Å²) < 4.78 is 6.90. The van der Waals surface area contributed by atoms with Crippen molar-refractivity contribution in [3.05, 3.63) is 93.6 Å². The van der Waals surface area contributed by atoms with Gasteiger partial charge in [0.2, 0.25) is 0 Å². The summed E-state index contributed by atoms with van der Waals surface area (Å²) >= 11 is 0. The Balaban J connectivity index is 1.88. The number of allylic oxidation sites excluding steroid dienone is 4. The second-order valence-corrected chi connectivity index (χ2v) is 12.4. The quantitative estimate of drug-likeness (QED) is 0.184. The minimum absolute atomic E-state index is 0.753. The topological polar surface area (TPSA) is 66.6 Å². The van der Waals surface area contributed by atoms with Crippen molar-refractivity contribution in [1.82, 2.24) is 19.9 Å². The van der Waals surface area contributed by atoms with Crippen molar-refractivity contribution in [3.8, 4) is 11.5 Å². The normalized spacial score (nSPS) is 13.2. The van der Waals surface area contributed by atoms with Crippen LogP contribution in [-0.4, -0.2) is 19.9 Å². The van der Waals surface area contributed by atoms with Crippen LogP contribution in [0.4, 0.5) is 0 Å². The first-order chi connectivity index (χ1) is 22.9. The van der Waals surface area contributed by atoms with Gasteiger partial charge in [-0.1, -0.05) is 73.6 Å². The minimum Gasteiger partial charge on any atom is -0.453 e. The fourth-order valence-electron chi connectivity index (χ4n) is 7.85. The van der Waals surface area contributed by atoms with Crippen LogP contribution in [0.5, 0.6) is 11.5 Å². The number of aromatic amines is 2. The summed E-state index contributed by atoms with van der Waals surface area (Å²) in [6, 6.07) is 17.0. The summed E-state index contributed by atoms with van der Waals surface area (Å²) in [5, 5.41) is 0. The lowest BCUT2D eigenvalue weighted by Crippen LogP contribution is -1.96. The fourth-order valence-corrected chi connectivity index (χ4v) is 7.85. The van der Waals surface area contributed by atoms with Gasteiger partial charge in [-0.15, -0.1) is 0 Å². The van der Waals surface area contributed by atoms with Crippen molar-refractivity contribution in [1.29, 1.82) is 0 Å². The molecular formula is C42H50N4O. The minimum atomic E-state index is 0.753. The molecular weight excluding hydrogens is 576 g/mol. The number of nitrogens with one attached hydrogen (secondary N) is 2. The number of fused-ring (bicyclic) bond motifs is 8. The predicted octanol–water partition coefficient (Wildman–Crippen LogP) is 11.8. The van der Waals surface area contributed by atoms with Gasteiger partial charge in [0, 0.05) is 22.1 Å². The maximum absolute atomic E-state index is 6.90. The molecule has 2 N–H and O–H groups in total. The van der Waals surface area contributed by atoms with Gasteiger partial charge < -0.3 is 14.7 Å². The van der Waals surface area contributed by atoms with Crippen molar-refractivity contribution < 1.29 is 4.74 Å². The number of hydrogen-bond acceptors (Lipinski definition) is 3. The molecule has 0 saturated carbocycles. The Morgan fingerprint density at radius 1 is 0.468 bits per heavy atom. The lowest BCUT2D eigenvalue weighted by molar-refractivity contribution is 0.475. The molecule has 0 fully saturated rings. The van der Waals surface area contributed by atoms with E-state index >= 15 is 0 Å². The Bertz CT molecular complexity index is 1910. The van der Waals surface area contributed by atoms with E-state index in [0.29, 0.717) is 0 Å². The molecule has 0 aliphatic carbocycles. The SMILES string of the molecule is CCC1=C(CC)c2nc1cc1[nH]c(cc3[nH]c(cc4nc(c2Oc2ccccc2)C(CC)=C4CC)c(CC)c3CC)c(CC)c1CC. The number of hydrogen-bond donors (Lipinski definition) is 2. The Morgan fingerprint density at radius 2 is 0.851 bits per heavy atom. The third-order valence-corrected chi connectivity index (χ3v) is 10.0. The van der Waals surface area contributed by atoms with Crippen LogP contribution < -0.4 is 4.74 Å². The number of ether oxygens (including phenoxy) is 1. The third kappa shape index (κ3) is 5.64. The number of aromatic nitrogens is 4. The van der Waals surface area contributed by atoms with Crippen molar-refractivity contribution in [2.75, 3.05) is 0 Å². The van der Waals surface area contributed by atoms with Gasteiger partial charge in [-0.2, -0.15) is 0 Å². The molecule has 3 aromatic heterocycles. The molecule has 0 radical (unpaired) electrons. The number of benzene rings is 1. The number of H-pyrrole nitrogens is 2. The van der Waals surface area contributed by atoms with E-state index < -0.39 is 0 Å². The Hall–Kier alpha value is -4.38. The Kier molecular flexibility index (Phi) is 9.54. The number of nitrogens with zero attached hydrogens (tertiary/aromatic N) is 2. The van der Waals surface area contributed by atoms with Gasteiger partial charge in [0.05, 0.1) is 11.4 Å². The van der Waals surface area contributed by atoms with E-state index in [9.17, 15) is 0 Å². The Morgan fingerprint density at radius 3 is 1.21 bits per heavy atom. The highest BCUT2D eigenvalue weighted by molar-refractivity contribution is 5.99. The van der Waals surface area contributed by atoms with Gasteiger partial charge in [-0.3, -0.25) is 0 Å². The molecule has 1 aromatic carbocycles. The molecule has 0 saturated heterocycles. The molecule has 8 bridgehead atoms. The van der Waals surface area contributed by atoms with Crippen molar-refractivity contribution >= 4 is 44.4 Å². The van der Waals surface area contributed by atoms with E-state index in [1.165, 1.54) is 55.6 Å². The maximum atomic E-state index is 6.90. The van der Waals surface area contributed by atoms with E-state index in [2.05, 4.69) is 83.6 Å². The zero-order valence-corrected chi connectivity index (χ0v) is 29.6. The first kappa shape index (κ1) is 32.6. The molecule has 6 rings (SSSR count). The molecule has 5 nitrogen and oxygen atoms in total. The molecule has 2 aliphatic rings. The van der Waals surface area contributed by atoms with Crippen molar-refractivity contribution in [2.24, 2.45) is 0 Å². The van der Waals surface area contributed by atoms with Gasteiger partial charge in [-0.25, -0.2) is 9.97 Å². The first-order valence-electron chi connectivity index (χ1n) is 17.9. The summed E-state index contributed by atoms with van der Waals surface area (Å²) in [6.45, 7) is 18.0. The second kappa shape index (κ2) is 13.8. The molecule has 0 spiro atoms. The smallest absolute Gasteiger partial charge is 0.179 e. The second-order valence-electron chi connectivity index (χ2n) is 12.4. The average molecular weight is 627 g/mol. The zero-order valence-electron chi connectivity index (χ0n) is 29.6. The van der Waals surface area contributed by atoms with E-state index in [0.717, 1.165) is 96.7 Å². The lowest BCUT2D eigenvalue weighted by Gasteiger charge is -2.13. The predicted molar refractivity (Wildman–Crippen MR) is 200 cm³/mol. The molecule has 47 heavy (non-hydrogen) atoms. The standard InChI is InChI=1S/C42H50N4O/c1-9-26-28(11-3)36-23-38-30(13-5)32(15-7)40(45-38)42(47-25-20-18-17-19-21-25)41-33(16-8)31(14-6)39(46-41)24-37-29(12-4)27(10-2)35(44-37)22-34(26)43-36/h17-24,43-44H,9-16H2,1-8H3. The number of aryl methyl sites for hydroxylation is 4. The molecule has 5 heteroatoms. The fraction of sp³-hybridized carbons (Fsp3) is 0.381. The summed E-state index contributed by atoms with van der Waals surface area (Å²) in [7, 11) is 0. The van der Waals surface area contributed by atoms with Gasteiger partial charge in [0.25, 0.3) is 0 Å². The molecule has 2 aliphatic heterocycles. The van der Waals surface area contributed by atoms with Crippen LogP contribution in [0.1, 0.15) is 126 Å². The highest BCUT2D eigenvalue weighted by atomic mass is 16.5. The van der Waals surface area contributed by atoms with Crippen LogP contribution >= 0.6 is 0 Å². The number of rotatable bonds is 10. The molecule has 5 heterocycles. The summed E-state index contributed by atoms with van der Waals surface area (Å²) in [5.41, 5.74) is 19.1. The van der Waals surface area contributed by atoms with E-state index in [1.807, 2.05) is 30.3 Å². The Labute approximate surface area is 280 Å². The van der Waals surface area contributed by atoms with Crippen LogP contribution in [0.3, 0.4) is 0 Å². The largest absolute Gasteiger partial charge is 0.453 e. The third-order valence-electron chi connectivity index (χ3n) is 10.0. The van der Waals surface area contributed by atoms with Crippen molar-refractivity contribution in [3.63, 3.8) is 0 Å². The van der Waals surface area contributed by atoms with Gasteiger partial charge in [-0.05, 0) is 126 Å². The number of para-hydroxylation sites is 1. The van der Waals surface area contributed by atoms with Crippen LogP contribution in [-0.2, 0) is 25.7 Å². The van der Waals surface area contributed by atoms with Gasteiger partial charge >= 0.3 is 0 Å². The van der Waals surface area contributed by atoms with E-state index in [1.54, 1.807) is 0 Å². The van der Waals surface area contributed by atoms with E-state index in [4.69, 9.17) is 14.7 Å². The summed E-state index contributed by atoms with van der Waals surface area (Å²) in [4.78, 5) is 18.6. The molecule has 0 atom stereocenters. The zero-order chi connectivity index (χ0) is 33.2. The monoisotopic (exact) mass is 626 g/mol. The first-order valence-corrected chi connectivity index (χ1v) is 17.9. The van der Waals surface area contributed by atoms with Crippen LogP contribution in [0.2, 0.25) is 0 Å². The highest BCUT2D eigenvalue weighted by Gasteiger charge is 2.28. The van der Waals surface area contributed by atoms with Gasteiger partial charge in [0.1, 0.15) is 17.1 Å². The summed E-state index contributed by atoms with van der Waals surface area (Å²) in [5.74, 6) is 1.54.